The molecule has 2 aromatic rings. The van der Waals surface area contributed by atoms with Crippen molar-refractivity contribution in [2.75, 3.05) is 6.54 Å². The van der Waals surface area contributed by atoms with E-state index in [1.54, 1.807) is 16.0 Å². The lowest BCUT2D eigenvalue weighted by Crippen LogP contribution is -2.08. The number of tetrazole rings is 1. The number of nitrogens with zero attached hydrogens (tertiary/aromatic N) is 4. The average molecular weight is 195 g/mol. The summed E-state index contributed by atoms with van der Waals surface area (Å²) in [5.74, 6) is 0.810. The monoisotopic (exact) mass is 195 g/mol. The number of nitrogens with two attached hydrogens (primary N) is 1. The highest BCUT2D eigenvalue weighted by Crippen LogP contribution is 2.14. The van der Waals surface area contributed by atoms with Crippen molar-refractivity contribution in [1.29, 1.82) is 0 Å². The molecule has 0 unspecified atom stereocenters. The molecule has 0 fully saturated rings. The fourth-order valence-corrected chi connectivity index (χ4v) is 1.75. The van der Waals surface area contributed by atoms with Crippen LogP contribution in [0.4, 0.5) is 0 Å². The summed E-state index contributed by atoms with van der Waals surface area (Å²) < 4.78 is 1.72. The van der Waals surface area contributed by atoms with Gasteiger partial charge in [-0.05, 0) is 34.5 Å². The van der Waals surface area contributed by atoms with Gasteiger partial charge < -0.3 is 5.73 Å². The van der Waals surface area contributed by atoms with Gasteiger partial charge in [-0.15, -0.1) is 16.4 Å². The van der Waals surface area contributed by atoms with Crippen LogP contribution in [-0.2, 0) is 6.42 Å². The highest BCUT2D eigenvalue weighted by molar-refractivity contribution is 7.12. The molecule has 13 heavy (non-hydrogen) atoms. The molecule has 0 saturated heterocycles. The van der Waals surface area contributed by atoms with Crippen LogP contribution in [0.5, 0.6) is 0 Å². The largest absolute Gasteiger partial charge is 0.330 e. The number of hydrogen-bond donors (Lipinski definition) is 1. The standard InChI is InChI=1S/C7H9N5S/c8-4-3-6-9-10-11-12(6)7-2-1-5-13-7/h1-2,5H,3-4,8H2. The summed E-state index contributed by atoms with van der Waals surface area (Å²) in [7, 11) is 0. The predicted molar refractivity (Wildman–Crippen MR) is 49.8 cm³/mol. The van der Waals surface area contributed by atoms with E-state index in [9.17, 15) is 0 Å². The molecule has 0 atom stereocenters. The third kappa shape index (κ3) is 1.58. The van der Waals surface area contributed by atoms with Crippen LogP contribution in [0.3, 0.4) is 0 Å². The van der Waals surface area contributed by atoms with Crippen molar-refractivity contribution in [1.82, 2.24) is 20.2 Å². The summed E-state index contributed by atoms with van der Waals surface area (Å²) in [5, 5.41) is 14.4. The van der Waals surface area contributed by atoms with Crippen LogP contribution in [0.25, 0.3) is 5.00 Å². The molecule has 0 radical (unpaired) electrons. The maximum absolute atomic E-state index is 5.44. The van der Waals surface area contributed by atoms with Crippen molar-refractivity contribution in [3.05, 3.63) is 23.3 Å². The smallest absolute Gasteiger partial charge is 0.158 e. The Bertz CT molecular complexity index is 366. The van der Waals surface area contributed by atoms with Crippen molar-refractivity contribution < 1.29 is 0 Å². The minimum Gasteiger partial charge on any atom is -0.330 e. The van der Waals surface area contributed by atoms with Crippen molar-refractivity contribution in [2.24, 2.45) is 5.73 Å². The third-order valence-electron chi connectivity index (χ3n) is 1.62. The lowest BCUT2D eigenvalue weighted by molar-refractivity contribution is 0.765. The molecule has 2 aromatic heterocycles. The van der Waals surface area contributed by atoms with Crippen LogP contribution >= 0.6 is 11.3 Å². The Morgan fingerprint density at radius 2 is 2.46 bits per heavy atom. The topological polar surface area (TPSA) is 69.6 Å². The van der Waals surface area contributed by atoms with E-state index in [1.807, 2.05) is 17.5 Å². The Hall–Kier alpha value is -1.27. The fourth-order valence-electron chi connectivity index (χ4n) is 1.05. The maximum Gasteiger partial charge on any atom is 0.158 e. The minimum absolute atomic E-state index is 0.561. The first-order valence-corrected chi connectivity index (χ1v) is 4.81. The van der Waals surface area contributed by atoms with Gasteiger partial charge in [0, 0.05) is 6.42 Å². The molecule has 0 spiro atoms. The molecule has 2 heterocycles. The average Bonchev–Trinajstić information content (AvgIpc) is 2.71. The highest BCUT2D eigenvalue weighted by Gasteiger charge is 2.06. The van der Waals surface area contributed by atoms with Gasteiger partial charge in [-0.1, -0.05) is 0 Å². The van der Waals surface area contributed by atoms with Gasteiger partial charge in [0.05, 0.1) is 0 Å². The number of hydrogen-bond acceptors (Lipinski definition) is 5. The van der Waals surface area contributed by atoms with Gasteiger partial charge in [0.2, 0.25) is 0 Å². The SMILES string of the molecule is NCCc1nnnn1-c1cccs1. The molecule has 0 saturated carbocycles. The Morgan fingerprint density at radius 3 is 3.15 bits per heavy atom. The first-order valence-electron chi connectivity index (χ1n) is 3.93. The molecule has 0 amide bonds. The van der Waals surface area contributed by atoms with E-state index in [1.165, 1.54) is 0 Å². The van der Waals surface area contributed by atoms with Crippen LogP contribution in [0.1, 0.15) is 5.82 Å². The molecule has 68 valence electrons. The Balaban J connectivity index is 2.35. The second kappa shape index (κ2) is 3.63. The van der Waals surface area contributed by atoms with E-state index in [-0.39, 0.29) is 0 Å². The minimum atomic E-state index is 0.561. The molecule has 2 rings (SSSR count). The third-order valence-corrected chi connectivity index (χ3v) is 2.46. The molecule has 6 heteroatoms. The van der Waals surface area contributed by atoms with Gasteiger partial charge >= 0.3 is 0 Å². The van der Waals surface area contributed by atoms with E-state index in [2.05, 4.69) is 15.5 Å². The number of rotatable bonds is 3. The molecular weight excluding hydrogens is 186 g/mol. The zero-order valence-electron chi connectivity index (χ0n) is 6.92. The van der Waals surface area contributed by atoms with Gasteiger partial charge in [-0.3, -0.25) is 0 Å². The second-order valence-electron chi connectivity index (χ2n) is 2.50. The summed E-state index contributed by atoms with van der Waals surface area (Å²) >= 11 is 1.60. The van der Waals surface area contributed by atoms with E-state index in [0.29, 0.717) is 13.0 Å². The highest BCUT2D eigenvalue weighted by atomic mass is 32.1. The second-order valence-corrected chi connectivity index (χ2v) is 3.42. The number of aromatic nitrogens is 4. The molecule has 0 aromatic carbocycles. The predicted octanol–water partition coefficient (Wildman–Crippen LogP) is 0.225. The zero-order chi connectivity index (χ0) is 9.10. The summed E-state index contributed by atoms with van der Waals surface area (Å²) in [6, 6.07) is 3.94. The van der Waals surface area contributed by atoms with E-state index >= 15 is 0 Å². The molecule has 0 aliphatic rings. The first kappa shape index (κ1) is 8.33. The summed E-state index contributed by atoms with van der Waals surface area (Å²) in [5.41, 5.74) is 5.44. The van der Waals surface area contributed by atoms with Crippen LogP contribution < -0.4 is 5.73 Å². The molecule has 5 nitrogen and oxygen atoms in total. The van der Waals surface area contributed by atoms with E-state index < -0.39 is 0 Å². The molecule has 0 aliphatic heterocycles. The van der Waals surface area contributed by atoms with Crippen molar-refractivity contribution in [2.45, 2.75) is 6.42 Å². The van der Waals surface area contributed by atoms with Gasteiger partial charge in [-0.2, -0.15) is 4.68 Å². The van der Waals surface area contributed by atoms with Crippen LogP contribution in [0, 0.1) is 0 Å². The normalized spacial score (nSPS) is 10.5. The zero-order valence-corrected chi connectivity index (χ0v) is 7.74. The van der Waals surface area contributed by atoms with Gasteiger partial charge in [-0.25, -0.2) is 0 Å². The fraction of sp³-hybridized carbons (Fsp3) is 0.286. The lowest BCUT2D eigenvalue weighted by Gasteiger charge is -1.98. The van der Waals surface area contributed by atoms with Crippen LogP contribution in [-0.4, -0.2) is 26.8 Å². The van der Waals surface area contributed by atoms with Crippen molar-refractivity contribution in [3.63, 3.8) is 0 Å². The summed E-state index contributed by atoms with van der Waals surface area (Å²) in [4.78, 5) is 0. The molecular formula is C7H9N5S. The first-order chi connectivity index (χ1) is 6.42. The van der Waals surface area contributed by atoms with E-state index in [0.717, 1.165) is 10.8 Å². The summed E-state index contributed by atoms with van der Waals surface area (Å²) in [6.07, 6.45) is 0.699. The Kier molecular flexibility index (Phi) is 2.33. The maximum atomic E-state index is 5.44. The quantitative estimate of drug-likeness (QED) is 0.761. The molecule has 2 N–H and O–H groups in total. The Morgan fingerprint density at radius 1 is 1.54 bits per heavy atom. The molecule has 0 aliphatic carbocycles. The van der Waals surface area contributed by atoms with Crippen LogP contribution in [0.2, 0.25) is 0 Å². The Labute approximate surface area is 79.2 Å². The van der Waals surface area contributed by atoms with Gasteiger partial charge in [0.25, 0.3) is 0 Å². The number of thiophene rings is 1. The van der Waals surface area contributed by atoms with E-state index in [4.69, 9.17) is 5.73 Å². The summed E-state index contributed by atoms with van der Waals surface area (Å²) in [6.45, 7) is 0.561. The van der Waals surface area contributed by atoms with Crippen LogP contribution in [0.15, 0.2) is 17.5 Å². The van der Waals surface area contributed by atoms with Gasteiger partial charge in [0.15, 0.2) is 5.82 Å². The van der Waals surface area contributed by atoms with Crippen molar-refractivity contribution in [3.8, 4) is 5.00 Å². The van der Waals surface area contributed by atoms with Crippen molar-refractivity contribution >= 4 is 11.3 Å². The molecule has 0 bridgehead atoms. The van der Waals surface area contributed by atoms with Gasteiger partial charge in [0.1, 0.15) is 5.00 Å². The lowest BCUT2D eigenvalue weighted by atomic mass is 10.4.